The van der Waals surface area contributed by atoms with Gasteiger partial charge in [-0.3, -0.25) is 19.5 Å². The molecule has 0 radical (unpaired) electrons. The van der Waals surface area contributed by atoms with Crippen LogP contribution in [0.5, 0.6) is 11.5 Å². The molecule has 0 spiro atoms. The zero-order valence-corrected chi connectivity index (χ0v) is 17.6. The number of fused-ring (bicyclic) bond motifs is 1. The molecule has 8 nitrogen and oxygen atoms in total. The van der Waals surface area contributed by atoms with E-state index in [1.165, 1.54) is 11.8 Å². The lowest BCUT2D eigenvalue weighted by Crippen LogP contribution is -2.32. The average molecular weight is 436 g/mol. The summed E-state index contributed by atoms with van der Waals surface area (Å²) < 4.78 is 10.8. The fraction of sp³-hybridized carbons (Fsp3) is 0.182. The van der Waals surface area contributed by atoms with E-state index >= 15 is 0 Å². The van der Waals surface area contributed by atoms with Crippen LogP contribution in [0.25, 0.3) is 10.9 Å². The van der Waals surface area contributed by atoms with Crippen LogP contribution >= 0.6 is 11.8 Å². The summed E-state index contributed by atoms with van der Waals surface area (Å²) in [7, 11) is 1.60. The minimum absolute atomic E-state index is 0.0631. The van der Waals surface area contributed by atoms with Crippen molar-refractivity contribution in [3.63, 3.8) is 0 Å². The van der Waals surface area contributed by atoms with Crippen LogP contribution in [0, 0.1) is 0 Å². The smallest absolute Gasteiger partial charge is 0.278 e. The van der Waals surface area contributed by atoms with Crippen LogP contribution in [0.15, 0.2) is 65.9 Å². The quantitative estimate of drug-likeness (QED) is 0.573. The monoisotopic (exact) mass is 436 g/mol. The second-order valence-corrected chi connectivity index (χ2v) is 7.61. The lowest BCUT2D eigenvalue weighted by atomic mass is 10.2. The summed E-state index contributed by atoms with van der Waals surface area (Å²) in [5, 5.41) is 5.50. The summed E-state index contributed by atoms with van der Waals surface area (Å²) >= 11 is 1.28. The van der Waals surface area contributed by atoms with Gasteiger partial charge in [-0.05, 0) is 29.8 Å². The van der Waals surface area contributed by atoms with E-state index in [0.29, 0.717) is 23.0 Å². The Morgan fingerprint density at radius 2 is 2.00 bits per heavy atom. The summed E-state index contributed by atoms with van der Waals surface area (Å²) in [6, 6.07) is 16.7. The van der Waals surface area contributed by atoms with Crippen LogP contribution in [0.4, 0.5) is 0 Å². The van der Waals surface area contributed by atoms with Crippen molar-refractivity contribution in [2.24, 2.45) is 5.10 Å². The number of hydrogen-bond donors (Lipinski definition) is 1. The minimum atomic E-state index is -0.426. The molecule has 0 atom stereocenters. The molecule has 3 aromatic rings. The third-order valence-corrected chi connectivity index (χ3v) is 5.55. The van der Waals surface area contributed by atoms with Crippen molar-refractivity contribution in [3.8, 4) is 11.5 Å². The lowest BCUT2D eigenvalue weighted by molar-refractivity contribution is -0.125. The van der Waals surface area contributed by atoms with Gasteiger partial charge in [-0.1, -0.05) is 42.1 Å². The first-order valence-corrected chi connectivity index (χ1v) is 10.5. The SMILES string of the molecule is COc1ccc(CN2C(=O)CS/C2=N\NC(=O)COc2cccc3cccnc23)cc1. The molecule has 1 aliphatic heterocycles. The van der Waals surface area contributed by atoms with E-state index in [1.54, 1.807) is 24.3 Å². The van der Waals surface area contributed by atoms with E-state index in [1.807, 2.05) is 48.5 Å². The molecule has 1 aromatic heterocycles. The van der Waals surface area contributed by atoms with E-state index in [4.69, 9.17) is 9.47 Å². The Bertz CT molecular complexity index is 1130. The molecular weight excluding hydrogens is 416 g/mol. The van der Waals surface area contributed by atoms with E-state index in [-0.39, 0.29) is 18.3 Å². The zero-order chi connectivity index (χ0) is 21.6. The maximum absolute atomic E-state index is 12.2. The number of amides is 2. The molecular formula is C22H20N4O4S. The van der Waals surface area contributed by atoms with Crippen molar-refractivity contribution in [1.29, 1.82) is 0 Å². The molecule has 158 valence electrons. The third-order valence-electron chi connectivity index (χ3n) is 4.59. The molecule has 2 amide bonds. The molecule has 2 heterocycles. The normalized spacial score (nSPS) is 14.8. The molecule has 0 bridgehead atoms. The molecule has 0 saturated carbocycles. The van der Waals surface area contributed by atoms with Crippen molar-refractivity contribution < 1.29 is 19.1 Å². The summed E-state index contributed by atoms with van der Waals surface area (Å²) in [5.41, 5.74) is 4.09. The number of pyridine rings is 1. The molecule has 31 heavy (non-hydrogen) atoms. The molecule has 1 saturated heterocycles. The molecule has 1 fully saturated rings. The van der Waals surface area contributed by atoms with E-state index in [2.05, 4.69) is 15.5 Å². The third kappa shape index (κ3) is 4.95. The highest BCUT2D eigenvalue weighted by molar-refractivity contribution is 8.15. The number of para-hydroxylation sites is 1. The van der Waals surface area contributed by atoms with Gasteiger partial charge in [-0.25, -0.2) is 5.43 Å². The van der Waals surface area contributed by atoms with Crippen molar-refractivity contribution in [3.05, 3.63) is 66.4 Å². The van der Waals surface area contributed by atoms with Crippen molar-refractivity contribution >= 4 is 39.6 Å². The predicted octanol–water partition coefficient (Wildman–Crippen LogP) is 2.79. The first-order chi connectivity index (χ1) is 15.1. The van der Waals surface area contributed by atoms with Gasteiger partial charge in [0.1, 0.15) is 17.0 Å². The van der Waals surface area contributed by atoms with Crippen molar-refractivity contribution in [2.75, 3.05) is 19.5 Å². The summed E-state index contributed by atoms with van der Waals surface area (Å²) in [4.78, 5) is 30.3. The summed E-state index contributed by atoms with van der Waals surface area (Å²) in [6.45, 7) is 0.145. The van der Waals surface area contributed by atoms with Gasteiger partial charge in [0.05, 0.1) is 19.4 Å². The maximum atomic E-state index is 12.2. The van der Waals surface area contributed by atoms with Gasteiger partial charge < -0.3 is 9.47 Å². The predicted molar refractivity (Wildman–Crippen MR) is 119 cm³/mol. The van der Waals surface area contributed by atoms with Crippen LogP contribution in [0.3, 0.4) is 0 Å². The molecule has 4 rings (SSSR count). The summed E-state index contributed by atoms with van der Waals surface area (Å²) in [6.07, 6.45) is 1.67. The highest BCUT2D eigenvalue weighted by atomic mass is 32.2. The Morgan fingerprint density at radius 1 is 1.19 bits per heavy atom. The Kier molecular flexibility index (Phi) is 6.32. The van der Waals surface area contributed by atoms with Crippen molar-refractivity contribution in [2.45, 2.75) is 6.54 Å². The zero-order valence-electron chi connectivity index (χ0n) is 16.8. The number of carbonyl (C=O) groups is 2. The largest absolute Gasteiger partial charge is 0.497 e. The van der Waals surface area contributed by atoms with Crippen LogP contribution in [-0.4, -0.2) is 46.3 Å². The van der Waals surface area contributed by atoms with Crippen LogP contribution in [0.2, 0.25) is 0 Å². The molecule has 0 aliphatic carbocycles. The Balaban J connectivity index is 1.37. The molecule has 1 aliphatic rings. The van der Waals surface area contributed by atoms with E-state index in [0.717, 1.165) is 16.7 Å². The first-order valence-electron chi connectivity index (χ1n) is 9.53. The van der Waals surface area contributed by atoms with Gasteiger partial charge in [0.25, 0.3) is 5.91 Å². The van der Waals surface area contributed by atoms with Gasteiger partial charge in [-0.2, -0.15) is 0 Å². The fourth-order valence-electron chi connectivity index (χ4n) is 3.03. The second-order valence-electron chi connectivity index (χ2n) is 6.67. The number of carbonyl (C=O) groups excluding carboxylic acids is 2. The number of benzene rings is 2. The number of aromatic nitrogens is 1. The number of nitrogens with one attached hydrogen (secondary N) is 1. The van der Waals surface area contributed by atoms with Gasteiger partial charge >= 0.3 is 0 Å². The summed E-state index contributed by atoms with van der Waals surface area (Å²) in [5.74, 6) is 1.06. The van der Waals surface area contributed by atoms with E-state index < -0.39 is 5.91 Å². The maximum Gasteiger partial charge on any atom is 0.278 e. The number of hydrogen-bond acceptors (Lipinski definition) is 7. The fourth-order valence-corrected chi connectivity index (χ4v) is 3.87. The topological polar surface area (TPSA) is 93.1 Å². The first kappa shape index (κ1) is 20.7. The number of hydrazone groups is 1. The molecule has 9 heteroatoms. The highest BCUT2D eigenvalue weighted by Gasteiger charge is 2.28. The van der Waals surface area contributed by atoms with Crippen LogP contribution in [0.1, 0.15) is 5.56 Å². The standard InChI is InChI=1S/C22H20N4O4S/c1-29-17-9-7-15(8-10-17)12-26-20(28)14-31-22(26)25-24-19(27)13-30-18-6-2-4-16-5-3-11-23-21(16)18/h2-11H,12-14H2,1H3,(H,24,27)/b25-22-. The van der Waals surface area contributed by atoms with Gasteiger partial charge in [0, 0.05) is 11.6 Å². The van der Waals surface area contributed by atoms with Gasteiger partial charge in [-0.15, -0.1) is 5.10 Å². The lowest BCUT2D eigenvalue weighted by Gasteiger charge is -2.16. The van der Waals surface area contributed by atoms with Gasteiger partial charge in [0.2, 0.25) is 5.91 Å². The van der Waals surface area contributed by atoms with Crippen molar-refractivity contribution in [1.82, 2.24) is 15.3 Å². The van der Waals surface area contributed by atoms with Gasteiger partial charge in [0.15, 0.2) is 11.8 Å². The molecule has 2 aromatic carbocycles. The number of methoxy groups -OCH3 is 1. The Hall–Kier alpha value is -3.59. The second kappa shape index (κ2) is 9.48. The molecule has 0 unspecified atom stereocenters. The number of rotatable bonds is 7. The average Bonchev–Trinajstić information content (AvgIpc) is 3.15. The number of nitrogens with zero attached hydrogens (tertiary/aromatic N) is 3. The minimum Gasteiger partial charge on any atom is -0.497 e. The highest BCUT2D eigenvalue weighted by Crippen LogP contribution is 2.24. The Labute approximate surface area is 183 Å². The number of ether oxygens (including phenoxy) is 2. The van der Waals surface area contributed by atoms with E-state index in [9.17, 15) is 9.59 Å². The van der Waals surface area contributed by atoms with Crippen LogP contribution < -0.4 is 14.9 Å². The number of thioether (sulfide) groups is 1. The van der Waals surface area contributed by atoms with Crippen LogP contribution in [-0.2, 0) is 16.1 Å². The Morgan fingerprint density at radius 3 is 2.81 bits per heavy atom. The molecule has 1 N–H and O–H groups in total. The number of amidine groups is 1.